The first-order valence-corrected chi connectivity index (χ1v) is 7.61. The van der Waals surface area contributed by atoms with E-state index < -0.39 is 0 Å². The molecule has 23 heavy (non-hydrogen) atoms. The molecule has 2 aromatic carbocycles. The fraction of sp³-hybridized carbons (Fsp3) is 0.0526. The van der Waals surface area contributed by atoms with E-state index in [9.17, 15) is 4.79 Å². The second kappa shape index (κ2) is 7.07. The van der Waals surface area contributed by atoms with Gasteiger partial charge in [-0.1, -0.05) is 54.1 Å². The topological polar surface area (TPSA) is 34.9 Å². The molecule has 1 aromatic heterocycles. The fourth-order valence-electron chi connectivity index (χ4n) is 2.24. The zero-order chi connectivity index (χ0) is 16.1. The van der Waals surface area contributed by atoms with Crippen molar-refractivity contribution < 1.29 is 4.79 Å². The van der Waals surface area contributed by atoms with Crippen molar-refractivity contribution in [2.45, 2.75) is 6.54 Å². The van der Waals surface area contributed by atoms with Crippen LogP contribution in [0.5, 0.6) is 0 Å². The normalized spacial score (nSPS) is 11.0. The molecule has 0 saturated heterocycles. The Hall–Kier alpha value is -2.65. The van der Waals surface area contributed by atoms with Gasteiger partial charge in [0.15, 0.2) is 5.78 Å². The maximum atomic E-state index is 12.1. The summed E-state index contributed by atoms with van der Waals surface area (Å²) in [5.74, 6) is -0.0602. The molecule has 114 valence electrons. The molecule has 0 bridgehead atoms. The molecule has 0 aliphatic heterocycles. The number of carbonyl (C=O) groups is 1. The third kappa shape index (κ3) is 4.18. The third-order valence-corrected chi connectivity index (χ3v) is 3.68. The van der Waals surface area contributed by atoms with Crippen LogP contribution in [0.2, 0.25) is 5.02 Å². The van der Waals surface area contributed by atoms with Gasteiger partial charge in [-0.15, -0.1) is 0 Å². The molecule has 0 fully saturated rings. The number of rotatable bonds is 5. The molecular weight excluding hydrogens is 308 g/mol. The first-order valence-electron chi connectivity index (χ1n) is 7.23. The predicted molar refractivity (Wildman–Crippen MR) is 92.6 cm³/mol. The lowest BCUT2D eigenvalue weighted by Gasteiger charge is -2.03. The van der Waals surface area contributed by atoms with Gasteiger partial charge in [0.2, 0.25) is 0 Å². The number of allylic oxidation sites excluding steroid dienone is 1. The van der Waals surface area contributed by atoms with Gasteiger partial charge in [-0.3, -0.25) is 4.79 Å². The molecule has 0 radical (unpaired) electrons. The summed E-state index contributed by atoms with van der Waals surface area (Å²) in [5.41, 5.74) is 2.75. The van der Waals surface area contributed by atoms with Crippen LogP contribution in [0.15, 0.2) is 73.3 Å². The Bertz CT molecular complexity index is 821. The van der Waals surface area contributed by atoms with Crippen molar-refractivity contribution in [1.82, 2.24) is 9.55 Å². The predicted octanol–water partition coefficient (Wildman–Crippen LogP) is 4.48. The molecule has 0 saturated carbocycles. The second-order valence-corrected chi connectivity index (χ2v) is 5.62. The highest BCUT2D eigenvalue weighted by atomic mass is 35.5. The molecule has 1 heterocycles. The van der Waals surface area contributed by atoms with Crippen molar-refractivity contribution in [3.8, 4) is 0 Å². The third-order valence-electron chi connectivity index (χ3n) is 3.44. The number of halogens is 1. The minimum Gasteiger partial charge on any atom is -0.333 e. The Kier molecular flexibility index (Phi) is 4.69. The number of nitrogens with zero attached hydrogens (tertiary/aromatic N) is 2. The SMILES string of the molecule is O=C(C=Cc1ccc(Cn2ccnc2)cc1)c1cccc(Cl)c1. The van der Waals surface area contributed by atoms with Crippen LogP contribution >= 0.6 is 11.6 Å². The minimum atomic E-state index is -0.0602. The Morgan fingerprint density at radius 3 is 2.70 bits per heavy atom. The van der Waals surface area contributed by atoms with Gasteiger partial charge in [0, 0.05) is 29.5 Å². The maximum absolute atomic E-state index is 12.1. The molecular formula is C19H15ClN2O. The molecule has 0 N–H and O–H groups in total. The van der Waals surface area contributed by atoms with Gasteiger partial charge in [0.25, 0.3) is 0 Å². The maximum Gasteiger partial charge on any atom is 0.185 e. The lowest BCUT2D eigenvalue weighted by Crippen LogP contribution is -1.96. The summed E-state index contributed by atoms with van der Waals surface area (Å²) >= 11 is 5.90. The van der Waals surface area contributed by atoms with Gasteiger partial charge >= 0.3 is 0 Å². The molecule has 0 atom stereocenters. The Morgan fingerprint density at radius 2 is 2.00 bits per heavy atom. The van der Waals surface area contributed by atoms with Crippen molar-refractivity contribution in [2.24, 2.45) is 0 Å². The lowest BCUT2D eigenvalue weighted by atomic mass is 10.1. The molecule has 3 nitrogen and oxygen atoms in total. The first-order chi connectivity index (χ1) is 11.2. The zero-order valence-corrected chi connectivity index (χ0v) is 13.1. The number of imidazole rings is 1. The Morgan fingerprint density at radius 1 is 1.17 bits per heavy atom. The number of hydrogen-bond donors (Lipinski definition) is 0. The van der Waals surface area contributed by atoms with E-state index in [1.54, 1.807) is 42.9 Å². The van der Waals surface area contributed by atoms with Crippen LogP contribution in [0.3, 0.4) is 0 Å². The summed E-state index contributed by atoms with van der Waals surface area (Å²) in [4.78, 5) is 16.1. The average Bonchev–Trinajstić information content (AvgIpc) is 3.07. The van der Waals surface area contributed by atoms with E-state index in [4.69, 9.17) is 11.6 Å². The highest BCUT2D eigenvalue weighted by molar-refractivity contribution is 6.31. The van der Waals surface area contributed by atoms with E-state index in [0.29, 0.717) is 10.6 Å². The summed E-state index contributed by atoms with van der Waals surface area (Å²) in [6.07, 6.45) is 8.86. The number of benzene rings is 2. The van der Waals surface area contributed by atoms with Crippen LogP contribution in [0.4, 0.5) is 0 Å². The summed E-state index contributed by atoms with van der Waals surface area (Å²) in [6.45, 7) is 0.783. The van der Waals surface area contributed by atoms with Gasteiger partial charge in [0.05, 0.1) is 6.33 Å². The van der Waals surface area contributed by atoms with Gasteiger partial charge in [-0.25, -0.2) is 4.98 Å². The van der Waals surface area contributed by atoms with E-state index in [-0.39, 0.29) is 5.78 Å². The van der Waals surface area contributed by atoms with Crippen LogP contribution in [-0.4, -0.2) is 15.3 Å². The number of hydrogen-bond acceptors (Lipinski definition) is 2. The van der Waals surface area contributed by atoms with E-state index in [2.05, 4.69) is 4.98 Å². The Balaban J connectivity index is 1.66. The van der Waals surface area contributed by atoms with Crippen molar-refractivity contribution >= 4 is 23.5 Å². The molecule has 0 aliphatic carbocycles. The zero-order valence-electron chi connectivity index (χ0n) is 12.4. The second-order valence-electron chi connectivity index (χ2n) is 5.18. The van der Waals surface area contributed by atoms with Gasteiger partial charge < -0.3 is 4.57 Å². The summed E-state index contributed by atoms with van der Waals surface area (Å²) in [5, 5.41) is 0.563. The smallest absolute Gasteiger partial charge is 0.185 e. The van der Waals surface area contributed by atoms with Gasteiger partial charge in [-0.2, -0.15) is 0 Å². The first kappa shape index (κ1) is 15.3. The standard InChI is InChI=1S/C19H15ClN2O/c20-18-3-1-2-17(12-18)19(23)9-8-15-4-6-16(7-5-15)13-22-11-10-21-14-22/h1-12,14H,13H2. The van der Waals surface area contributed by atoms with Crippen molar-refractivity contribution in [3.05, 3.63) is 95.0 Å². The highest BCUT2D eigenvalue weighted by Gasteiger charge is 2.02. The summed E-state index contributed by atoms with van der Waals surface area (Å²) in [6, 6.07) is 15.0. The van der Waals surface area contributed by atoms with Crippen LogP contribution in [0, 0.1) is 0 Å². The van der Waals surface area contributed by atoms with Crippen LogP contribution in [-0.2, 0) is 6.54 Å². The summed E-state index contributed by atoms with van der Waals surface area (Å²) in [7, 11) is 0. The quantitative estimate of drug-likeness (QED) is 0.512. The van der Waals surface area contributed by atoms with Crippen LogP contribution < -0.4 is 0 Å². The largest absolute Gasteiger partial charge is 0.333 e. The van der Waals surface area contributed by atoms with Crippen molar-refractivity contribution in [3.63, 3.8) is 0 Å². The summed E-state index contributed by atoms with van der Waals surface area (Å²) < 4.78 is 2.01. The number of ketones is 1. The van der Waals surface area contributed by atoms with E-state index in [1.165, 1.54) is 5.56 Å². The fourth-order valence-corrected chi connectivity index (χ4v) is 2.43. The molecule has 0 amide bonds. The van der Waals surface area contributed by atoms with Crippen LogP contribution in [0.25, 0.3) is 6.08 Å². The monoisotopic (exact) mass is 322 g/mol. The molecule has 4 heteroatoms. The van der Waals surface area contributed by atoms with E-state index >= 15 is 0 Å². The number of aromatic nitrogens is 2. The molecule has 3 aromatic rings. The molecule has 0 unspecified atom stereocenters. The van der Waals surface area contributed by atoms with Crippen molar-refractivity contribution in [1.29, 1.82) is 0 Å². The van der Waals surface area contributed by atoms with Gasteiger partial charge in [-0.05, 0) is 29.3 Å². The average molecular weight is 323 g/mol. The van der Waals surface area contributed by atoms with Crippen molar-refractivity contribution in [2.75, 3.05) is 0 Å². The highest BCUT2D eigenvalue weighted by Crippen LogP contribution is 2.13. The van der Waals surface area contributed by atoms with Gasteiger partial charge in [0.1, 0.15) is 0 Å². The van der Waals surface area contributed by atoms with Crippen LogP contribution in [0.1, 0.15) is 21.5 Å². The number of carbonyl (C=O) groups excluding carboxylic acids is 1. The molecule has 3 rings (SSSR count). The van der Waals surface area contributed by atoms with E-state index in [1.807, 2.05) is 41.1 Å². The lowest BCUT2D eigenvalue weighted by molar-refractivity contribution is 0.104. The minimum absolute atomic E-state index is 0.0602. The Labute approximate surface area is 139 Å². The molecule has 0 spiro atoms. The molecule has 0 aliphatic rings. The van der Waals surface area contributed by atoms with E-state index in [0.717, 1.165) is 12.1 Å².